The summed E-state index contributed by atoms with van der Waals surface area (Å²) in [5.41, 5.74) is 0. The topological polar surface area (TPSA) is 69.6 Å². The Labute approximate surface area is 364 Å². The van der Waals surface area contributed by atoms with Gasteiger partial charge < -0.3 is 15.5 Å². The summed E-state index contributed by atoms with van der Waals surface area (Å²) in [6.07, 6.45) is 66.2. The lowest BCUT2D eigenvalue weighted by atomic mass is 10.0. The maximum atomic E-state index is 12.4. The third kappa shape index (κ3) is 45.9. The Kier molecular flexibility index (Phi) is 49.2. The molecule has 58 heavy (non-hydrogen) atoms. The van der Waals surface area contributed by atoms with E-state index >= 15 is 0 Å². The Balaban J connectivity index is 3.46. The maximum absolute atomic E-state index is 12.4. The summed E-state index contributed by atoms with van der Waals surface area (Å²) in [6.45, 7) is 4.33. The van der Waals surface area contributed by atoms with Crippen LogP contribution in [-0.2, 0) is 4.79 Å². The normalized spacial score (nSPS) is 13.0. The molecule has 2 atom stereocenters. The predicted molar refractivity (Wildman–Crippen MR) is 258 cm³/mol. The van der Waals surface area contributed by atoms with E-state index in [1.807, 2.05) is 6.08 Å². The second kappa shape index (κ2) is 50.2. The SMILES string of the molecule is CCCCCCCCC/C=C\CCCCCCCC(=O)NC(CO)C(O)/C=C/CCCCCCCCCCCCCCCCCCCCCCCCCCCCCC. The Bertz CT molecular complexity index is 840. The molecular formula is C54H105NO3. The molecular weight excluding hydrogens is 711 g/mol. The number of aliphatic hydroxyl groups is 2. The van der Waals surface area contributed by atoms with Crippen LogP contribution in [0.25, 0.3) is 0 Å². The third-order valence-electron chi connectivity index (χ3n) is 12.4. The molecule has 0 saturated carbocycles. The molecule has 0 aromatic carbocycles. The number of hydrogen-bond acceptors (Lipinski definition) is 3. The fraction of sp³-hybridized carbons (Fsp3) is 0.907. The van der Waals surface area contributed by atoms with Crippen LogP contribution >= 0.6 is 0 Å². The summed E-state index contributed by atoms with van der Waals surface area (Å²) in [5.74, 6) is -0.0689. The van der Waals surface area contributed by atoms with Crippen molar-refractivity contribution in [1.29, 1.82) is 0 Å². The fourth-order valence-corrected chi connectivity index (χ4v) is 8.35. The minimum Gasteiger partial charge on any atom is -0.394 e. The highest BCUT2D eigenvalue weighted by Crippen LogP contribution is 2.17. The van der Waals surface area contributed by atoms with Crippen molar-refractivity contribution in [3.8, 4) is 0 Å². The smallest absolute Gasteiger partial charge is 0.220 e. The zero-order chi connectivity index (χ0) is 42.1. The van der Waals surface area contributed by atoms with Crippen LogP contribution in [0, 0.1) is 0 Å². The van der Waals surface area contributed by atoms with Gasteiger partial charge in [0.15, 0.2) is 0 Å². The van der Waals surface area contributed by atoms with Gasteiger partial charge in [-0.1, -0.05) is 269 Å². The van der Waals surface area contributed by atoms with Crippen molar-refractivity contribution in [2.45, 2.75) is 309 Å². The number of nitrogens with one attached hydrogen (secondary N) is 1. The molecule has 0 aromatic rings. The fourth-order valence-electron chi connectivity index (χ4n) is 8.35. The zero-order valence-electron chi connectivity index (χ0n) is 39.6. The molecule has 0 aliphatic carbocycles. The standard InChI is InChI=1S/C54H105NO3/c1-3-5-7-9-11-13-15-17-19-21-22-23-24-25-26-27-28-29-30-31-32-33-34-35-37-39-41-43-45-47-49-53(57)52(51-56)55-54(58)50-48-46-44-42-40-38-36-20-18-16-14-12-10-8-6-4-2/h20,36,47,49,52-53,56-57H,3-19,21-35,37-46,48,50-51H2,1-2H3,(H,55,58)/b36-20-,49-47+. The van der Waals surface area contributed by atoms with Crippen molar-refractivity contribution in [1.82, 2.24) is 5.32 Å². The highest BCUT2D eigenvalue weighted by atomic mass is 16.3. The molecule has 0 aliphatic heterocycles. The molecule has 0 saturated heterocycles. The highest BCUT2D eigenvalue weighted by molar-refractivity contribution is 5.76. The lowest BCUT2D eigenvalue weighted by molar-refractivity contribution is -0.123. The summed E-state index contributed by atoms with van der Waals surface area (Å²) in [4.78, 5) is 12.4. The number of carbonyl (C=O) groups excluding carboxylic acids is 1. The van der Waals surface area contributed by atoms with E-state index in [9.17, 15) is 15.0 Å². The largest absolute Gasteiger partial charge is 0.394 e. The summed E-state index contributed by atoms with van der Waals surface area (Å²) >= 11 is 0. The molecule has 0 aliphatic rings. The summed E-state index contributed by atoms with van der Waals surface area (Å²) in [5, 5.41) is 23.1. The van der Waals surface area contributed by atoms with Crippen molar-refractivity contribution in [3.05, 3.63) is 24.3 Å². The minimum atomic E-state index is -0.841. The molecule has 0 aromatic heterocycles. The van der Waals surface area contributed by atoms with Crippen molar-refractivity contribution in [3.63, 3.8) is 0 Å². The molecule has 0 rings (SSSR count). The number of amides is 1. The number of carbonyl (C=O) groups is 1. The molecule has 0 fully saturated rings. The van der Waals surface area contributed by atoms with Gasteiger partial charge in [0, 0.05) is 6.42 Å². The first-order chi connectivity index (χ1) is 28.7. The van der Waals surface area contributed by atoms with Gasteiger partial charge in [-0.2, -0.15) is 0 Å². The van der Waals surface area contributed by atoms with Crippen molar-refractivity contribution < 1.29 is 15.0 Å². The number of hydrogen-bond donors (Lipinski definition) is 3. The average molecular weight is 816 g/mol. The van der Waals surface area contributed by atoms with Gasteiger partial charge >= 0.3 is 0 Å². The molecule has 4 nitrogen and oxygen atoms in total. The average Bonchev–Trinajstić information content (AvgIpc) is 3.23. The molecule has 0 spiro atoms. The quantitative estimate of drug-likeness (QED) is 0.0423. The van der Waals surface area contributed by atoms with Crippen LogP contribution in [0.5, 0.6) is 0 Å². The lowest BCUT2D eigenvalue weighted by Gasteiger charge is -2.20. The number of rotatable bonds is 49. The van der Waals surface area contributed by atoms with Crippen LogP contribution in [0.4, 0.5) is 0 Å². The predicted octanol–water partition coefficient (Wildman–Crippen LogP) is 17.1. The van der Waals surface area contributed by atoms with E-state index in [1.54, 1.807) is 6.08 Å². The van der Waals surface area contributed by atoms with Crippen LogP contribution in [0.15, 0.2) is 24.3 Å². The summed E-state index contributed by atoms with van der Waals surface area (Å²) < 4.78 is 0. The van der Waals surface area contributed by atoms with Crippen molar-refractivity contribution in [2.75, 3.05) is 6.61 Å². The van der Waals surface area contributed by atoms with E-state index in [2.05, 4.69) is 31.3 Å². The molecule has 344 valence electrons. The van der Waals surface area contributed by atoms with Gasteiger partial charge in [0.05, 0.1) is 18.8 Å². The third-order valence-corrected chi connectivity index (χ3v) is 12.4. The Morgan fingerprint density at radius 1 is 0.397 bits per heavy atom. The Hall–Kier alpha value is -1.13. The van der Waals surface area contributed by atoms with E-state index in [0.29, 0.717) is 6.42 Å². The molecule has 3 N–H and O–H groups in total. The van der Waals surface area contributed by atoms with Gasteiger partial charge in [-0.15, -0.1) is 0 Å². The highest BCUT2D eigenvalue weighted by Gasteiger charge is 2.18. The van der Waals surface area contributed by atoms with E-state index in [-0.39, 0.29) is 12.5 Å². The first kappa shape index (κ1) is 56.9. The van der Waals surface area contributed by atoms with Gasteiger partial charge in [-0.05, 0) is 44.9 Å². The van der Waals surface area contributed by atoms with Crippen molar-refractivity contribution >= 4 is 5.91 Å². The second-order valence-corrected chi connectivity index (χ2v) is 18.3. The summed E-state index contributed by atoms with van der Waals surface area (Å²) in [7, 11) is 0. The van der Waals surface area contributed by atoms with Crippen LogP contribution < -0.4 is 5.32 Å². The molecule has 2 unspecified atom stereocenters. The van der Waals surface area contributed by atoms with Crippen LogP contribution in [0.2, 0.25) is 0 Å². The molecule has 4 heteroatoms. The Morgan fingerprint density at radius 2 is 0.655 bits per heavy atom. The van der Waals surface area contributed by atoms with Crippen LogP contribution in [-0.4, -0.2) is 34.9 Å². The zero-order valence-corrected chi connectivity index (χ0v) is 39.6. The van der Waals surface area contributed by atoms with Gasteiger partial charge in [-0.25, -0.2) is 0 Å². The van der Waals surface area contributed by atoms with Crippen LogP contribution in [0.1, 0.15) is 296 Å². The van der Waals surface area contributed by atoms with Gasteiger partial charge in [0.2, 0.25) is 5.91 Å². The van der Waals surface area contributed by atoms with Crippen molar-refractivity contribution in [2.24, 2.45) is 0 Å². The van der Waals surface area contributed by atoms with Crippen LogP contribution in [0.3, 0.4) is 0 Å². The molecule has 0 heterocycles. The monoisotopic (exact) mass is 816 g/mol. The van der Waals surface area contributed by atoms with Gasteiger partial charge in [0.25, 0.3) is 0 Å². The van der Waals surface area contributed by atoms with Gasteiger partial charge in [0.1, 0.15) is 0 Å². The first-order valence-electron chi connectivity index (χ1n) is 26.6. The number of unbranched alkanes of at least 4 members (excludes halogenated alkanes) is 40. The second-order valence-electron chi connectivity index (χ2n) is 18.3. The van der Waals surface area contributed by atoms with E-state index < -0.39 is 12.1 Å². The lowest BCUT2D eigenvalue weighted by Crippen LogP contribution is -2.45. The Morgan fingerprint density at radius 3 is 0.948 bits per heavy atom. The van der Waals surface area contributed by atoms with E-state index in [1.165, 1.54) is 244 Å². The summed E-state index contributed by atoms with van der Waals surface area (Å²) in [6, 6.07) is -0.625. The van der Waals surface area contributed by atoms with E-state index in [0.717, 1.165) is 32.1 Å². The first-order valence-corrected chi connectivity index (χ1v) is 26.6. The molecule has 0 bridgehead atoms. The minimum absolute atomic E-state index is 0.0689. The van der Waals surface area contributed by atoms with E-state index in [4.69, 9.17) is 0 Å². The molecule has 1 amide bonds. The number of allylic oxidation sites excluding steroid dienone is 3. The maximum Gasteiger partial charge on any atom is 0.220 e. The van der Waals surface area contributed by atoms with Gasteiger partial charge in [-0.3, -0.25) is 4.79 Å². The molecule has 0 radical (unpaired) electrons. The number of aliphatic hydroxyl groups excluding tert-OH is 2.